The maximum atomic E-state index is 11.4. The van der Waals surface area contributed by atoms with Crippen molar-refractivity contribution in [3.8, 4) is 0 Å². The summed E-state index contributed by atoms with van der Waals surface area (Å²) in [7, 11) is -3.80. The summed E-state index contributed by atoms with van der Waals surface area (Å²) >= 11 is 1.51. The summed E-state index contributed by atoms with van der Waals surface area (Å²) in [6.45, 7) is 0. The molecule has 0 saturated heterocycles. The second-order valence-electron chi connectivity index (χ2n) is 3.44. The molecular formula is C10H11N3O2S2. The summed E-state index contributed by atoms with van der Waals surface area (Å²) in [4.78, 5) is -0.0105. The first-order valence-corrected chi connectivity index (χ1v) is 7.17. The number of benzene rings is 1. The first kappa shape index (κ1) is 11.9. The fourth-order valence-corrected chi connectivity index (χ4v) is 2.68. The molecule has 0 spiro atoms. The molecule has 17 heavy (non-hydrogen) atoms. The average Bonchev–Trinajstić information content (AvgIpc) is 2.72. The van der Waals surface area contributed by atoms with Crippen LogP contribution in [0.2, 0.25) is 0 Å². The Hall–Kier alpha value is -1.57. The number of hydrogen-bond acceptors (Lipinski definition) is 5. The molecular weight excluding hydrogens is 258 g/mol. The third-order valence-electron chi connectivity index (χ3n) is 2.11. The highest BCUT2D eigenvalue weighted by Gasteiger charge is 2.14. The van der Waals surface area contributed by atoms with Crippen molar-refractivity contribution in [1.29, 1.82) is 0 Å². The Morgan fingerprint density at radius 3 is 2.59 bits per heavy atom. The van der Waals surface area contributed by atoms with Crippen LogP contribution in [0.3, 0.4) is 0 Å². The van der Waals surface area contributed by atoms with Crippen molar-refractivity contribution in [2.24, 2.45) is 5.14 Å². The minimum absolute atomic E-state index is 0.0105. The molecule has 2 rings (SSSR count). The van der Waals surface area contributed by atoms with E-state index in [1.165, 1.54) is 17.4 Å². The Kier molecular flexibility index (Phi) is 3.05. The van der Waals surface area contributed by atoms with Gasteiger partial charge in [-0.3, -0.25) is 0 Å². The number of nitrogens with two attached hydrogens (primary N) is 2. The summed E-state index contributed by atoms with van der Waals surface area (Å²) in [5.74, 6) is 0. The van der Waals surface area contributed by atoms with Crippen LogP contribution in [0.1, 0.15) is 0 Å². The standard InChI is InChI=1S/C10H11N3O2S2/c11-7-1-2-9(10(5-7)17(12,14)15)13-8-3-4-16-6-8/h1-6,13H,11H2,(H2,12,14,15). The Balaban J connectivity index is 2.47. The molecule has 0 atom stereocenters. The fourth-order valence-electron chi connectivity index (χ4n) is 1.37. The molecule has 0 aliphatic rings. The first-order chi connectivity index (χ1) is 7.97. The van der Waals surface area contributed by atoms with E-state index in [1.807, 2.05) is 16.8 Å². The van der Waals surface area contributed by atoms with Crippen LogP contribution in [0.15, 0.2) is 39.9 Å². The summed E-state index contributed by atoms with van der Waals surface area (Å²) in [5, 5.41) is 11.9. The highest BCUT2D eigenvalue weighted by atomic mass is 32.2. The van der Waals surface area contributed by atoms with Crippen LogP contribution < -0.4 is 16.2 Å². The predicted octanol–water partition coefficient (Wildman–Crippen LogP) is 1.72. The molecule has 5 N–H and O–H groups in total. The van der Waals surface area contributed by atoms with E-state index in [1.54, 1.807) is 12.1 Å². The molecule has 0 bridgehead atoms. The van der Waals surface area contributed by atoms with Crippen LogP contribution in [0.5, 0.6) is 0 Å². The van der Waals surface area contributed by atoms with Crippen LogP contribution in [0.4, 0.5) is 17.1 Å². The van der Waals surface area contributed by atoms with Crippen LogP contribution in [-0.4, -0.2) is 8.42 Å². The number of hydrogen-bond donors (Lipinski definition) is 3. The van der Waals surface area contributed by atoms with Crippen molar-refractivity contribution >= 4 is 38.4 Å². The van der Waals surface area contributed by atoms with Gasteiger partial charge in [-0.25, -0.2) is 13.6 Å². The number of sulfonamides is 1. The van der Waals surface area contributed by atoms with Gasteiger partial charge in [0, 0.05) is 16.8 Å². The maximum absolute atomic E-state index is 11.4. The molecule has 0 fully saturated rings. The van der Waals surface area contributed by atoms with E-state index in [9.17, 15) is 8.42 Å². The van der Waals surface area contributed by atoms with Crippen LogP contribution in [0, 0.1) is 0 Å². The first-order valence-electron chi connectivity index (χ1n) is 4.68. The lowest BCUT2D eigenvalue weighted by Gasteiger charge is -2.10. The zero-order valence-corrected chi connectivity index (χ0v) is 10.4. The van der Waals surface area contributed by atoms with Gasteiger partial charge in [-0.1, -0.05) is 0 Å². The second kappa shape index (κ2) is 4.36. The van der Waals surface area contributed by atoms with Crippen molar-refractivity contribution in [3.63, 3.8) is 0 Å². The molecule has 0 amide bonds. The third-order valence-corrected chi connectivity index (χ3v) is 3.75. The highest BCUT2D eigenvalue weighted by molar-refractivity contribution is 7.89. The number of anilines is 3. The van der Waals surface area contributed by atoms with Gasteiger partial charge in [0.15, 0.2) is 0 Å². The van der Waals surface area contributed by atoms with E-state index in [0.29, 0.717) is 11.4 Å². The minimum Gasteiger partial charge on any atom is -0.399 e. The van der Waals surface area contributed by atoms with E-state index in [4.69, 9.17) is 10.9 Å². The Morgan fingerprint density at radius 1 is 1.24 bits per heavy atom. The van der Waals surface area contributed by atoms with E-state index >= 15 is 0 Å². The van der Waals surface area contributed by atoms with Gasteiger partial charge >= 0.3 is 0 Å². The molecule has 1 aromatic carbocycles. The van der Waals surface area contributed by atoms with Gasteiger partial charge in [-0.2, -0.15) is 11.3 Å². The van der Waals surface area contributed by atoms with Gasteiger partial charge in [0.05, 0.1) is 5.69 Å². The lowest BCUT2D eigenvalue weighted by atomic mass is 10.3. The van der Waals surface area contributed by atoms with Crippen LogP contribution >= 0.6 is 11.3 Å². The number of rotatable bonds is 3. The lowest BCUT2D eigenvalue weighted by molar-refractivity contribution is 0.598. The molecule has 0 unspecified atom stereocenters. The van der Waals surface area contributed by atoms with E-state index in [0.717, 1.165) is 5.69 Å². The van der Waals surface area contributed by atoms with Gasteiger partial charge in [0.2, 0.25) is 10.0 Å². The molecule has 90 valence electrons. The normalized spacial score (nSPS) is 11.4. The van der Waals surface area contributed by atoms with Crippen molar-refractivity contribution in [2.45, 2.75) is 4.90 Å². The summed E-state index contributed by atoms with van der Waals surface area (Å²) < 4.78 is 22.8. The lowest BCUT2D eigenvalue weighted by Crippen LogP contribution is -2.14. The largest absolute Gasteiger partial charge is 0.399 e. The van der Waals surface area contributed by atoms with E-state index in [-0.39, 0.29) is 4.90 Å². The molecule has 1 heterocycles. The summed E-state index contributed by atoms with van der Waals surface area (Å²) in [6, 6.07) is 6.38. The average molecular weight is 269 g/mol. The van der Waals surface area contributed by atoms with Gasteiger partial charge in [0.1, 0.15) is 4.90 Å². The smallest absolute Gasteiger partial charge is 0.240 e. The van der Waals surface area contributed by atoms with Crippen LogP contribution in [-0.2, 0) is 10.0 Å². The number of primary sulfonamides is 1. The Bertz CT molecular complexity index is 621. The Labute approximate surface area is 103 Å². The van der Waals surface area contributed by atoms with Gasteiger partial charge < -0.3 is 11.1 Å². The molecule has 7 heteroatoms. The quantitative estimate of drug-likeness (QED) is 0.739. The van der Waals surface area contributed by atoms with Gasteiger partial charge in [-0.15, -0.1) is 0 Å². The molecule has 0 radical (unpaired) electrons. The molecule has 0 saturated carbocycles. The van der Waals surface area contributed by atoms with Crippen molar-refractivity contribution in [3.05, 3.63) is 35.0 Å². The van der Waals surface area contributed by atoms with Crippen molar-refractivity contribution in [2.75, 3.05) is 11.1 Å². The van der Waals surface area contributed by atoms with E-state index < -0.39 is 10.0 Å². The highest BCUT2D eigenvalue weighted by Crippen LogP contribution is 2.27. The Morgan fingerprint density at radius 2 is 2.00 bits per heavy atom. The van der Waals surface area contributed by atoms with Gasteiger partial charge in [-0.05, 0) is 29.6 Å². The molecule has 0 aliphatic heterocycles. The zero-order valence-electron chi connectivity index (χ0n) is 8.75. The number of nitrogens with one attached hydrogen (secondary N) is 1. The number of nitrogen functional groups attached to an aromatic ring is 1. The van der Waals surface area contributed by atoms with Crippen molar-refractivity contribution in [1.82, 2.24) is 0 Å². The number of thiophene rings is 1. The summed E-state index contributed by atoms with van der Waals surface area (Å²) in [6.07, 6.45) is 0. The van der Waals surface area contributed by atoms with E-state index in [2.05, 4.69) is 5.32 Å². The maximum Gasteiger partial charge on any atom is 0.240 e. The topological polar surface area (TPSA) is 98.2 Å². The molecule has 0 aliphatic carbocycles. The summed E-state index contributed by atoms with van der Waals surface area (Å²) in [5.41, 5.74) is 7.13. The fraction of sp³-hybridized carbons (Fsp3) is 0. The monoisotopic (exact) mass is 269 g/mol. The molecule has 5 nitrogen and oxygen atoms in total. The van der Waals surface area contributed by atoms with Crippen LogP contribution in [0.25, 0.3) is 0 Å². The SMILES string of the molecule is Nc1ccc(Nc2ccsc2)c(S(N)(=O)=O)c1. The van der Waals surface area contributed by atoms with Crippen molar-refractivity contribution < 1.29 is 8.42 Å². The molecule has 2 aromatic rings. The molecule has 1 aromatic heterocycles. The minimum atomic E-state index is -3.80. The second-order valence-corrected chi connectivity index (χ2v) is 5.75. The predicted molar refractivity (Wildman–Crippen MR) is 69.8 cm³/mol. The zero-order chi connectivity index (χ0) is 12.5. The third kappa shape index (κ3) is 2.76. The van der Waals surface area contributed by atoms with Gasteiger partial charge in [0.25, 0.3) is 0 Å².